The first-order valence-electron chi connectivity index (χ1n) is 3.16. The predicted molar refractivity (Wildman–Crippen MR) is 37.2 cm³/mol. The van der Waals surface area contributed by atoms with Crippen molar-refractivity contribution in [3.8, 4) is 0 Å². The van der Waals surface area contributed by atoms with Gasteiger partial charge < -0.3 is 4.42 Å². The van der Waals surface area contributed by atoms with Crippen LogP contribution in [-0.4, -0.2) is 4.98 Å². The van der Waals surface area contributed by atoms with Crippen LogP contribution in [0, 0.1) is 6.92 Å². The van der Waals surface area contributed by atoms with Gasteiger partial charge >= 0.3 is 0 Å². The van der Waals surface area contributed by atoms with Crippen LogP contribution in [0.5, 0.6) is 0 Å². The highest BCUT2D eigenvalue weighted by molar-refractivity contribution is 4.83. The molecule has 0 aliphatic rings. The third-order valence-electron chi connectivity index (χ3n) is 0.556. The molecule has 0 radical (unpaired) electrons. The van der Waals surface area contributed by atoms with Crippen molar-refractivity contribution in [1.82, 2.24) is 4.98 Å². The Bertz CT molecular complexity index is 123. The van der Waals surface area contributed by atoms with Gasteiger partial charge in [-0.25, -0.2) is 4.98 Å². The summed E-state index contributed by atoms with van der Waals surface area (Å²) < 4.78 is 4.60. The molecular weight excluding hydrogens is 114 g/mol. The lowest BCUT2D eigenvalue weighted by atomic mass is 10.6. The van der Waals surface area contributed by atoms with Crippen LogP contribution < -0.4 is 0 Å². The van der Waals surface area contributed by atoms with E-state index in [1.807, 2.05) is 6.92 Å². The molecule has 9 heavy (non-hydrogen) atoms. The molecule has 0 unspecified atom stereocenters. The third-order valence-corrected chi connectivity index (χ3v) is 0.556. The molecule has 0 saturated carbocycles. The fraction of sp³-hybridized carbons (Fsp3) is 0.571. The van der Waals surface area contributed by atoms with Crippen molar-refractivity contribution in [2.75, 3.05) is 0 Å². The second-order valence-electron chi connectivity index (χ2n) is 1.84. The van der Waals surface area contributed by atoms with E-state index in [1.165, 1.54) is 12.8 Å². The summed E-state index contributed by atoms with van der Waals surface area (Å²) in [4.78, 5) is 3.75. The average Bonchev–Trinajstić information content (AvgIpc) is 2.20. The number of hydrogen-bond acceptors (Lipinski definition) is 2. The maximum Gasteiger partial charge on any atom is 0.180 e. The highest BCUT2D eigenvalue weighted by Gasteiger charge is 1.77. The average molecular weight is 127 g/mol. The van der Waals surface area contributed by atoms with Crippen molar-refractivity contribution < 1.29 is 4.42 Å². The van der Waals surface area contributed by atoms with Crippen molar-refractivity contribution >= 4 is 0 Å². The van der Waals surface area contributed by atoms with Crippen LogP contribution in [0.15, 0.2) is 17.1 Å². The molecule has 0 N–H and O–H groups in total. The first-order chi connectivity index (χ1) is 4.31. The lowest BCUT2D eigenvalue weighted by Crippen LogP contribution is -1.59. The van der Waals surface area contributed by atoms with E-state index < -0.39 is 0 Å². The number of rotatable bonds is 0. The molecule has 0 saturated heterocycles. The Morgan fingerprint density at radius 3 is 2.22 bits per heavy atom. The minimum Gasteiger partial charge on any atom is -0.452 e. The van der Waals surface area contributed by atoms with E-state index in [0.717, 1.165) is 5.69 Å². The lowest BCUT2D eigenvalue weighted by Gasteiger charge is -1.62. The molecule has 0 spiro atoms. The van der Waals surface area contributed by atoms with Gasteiger partial charge in [0.2, 0.25) is 0 Å². The van der Waals surface area contributed by atoms with Gasteiger partial charge in [-0.15, -0.1) is 0 Å². The third kappa shape index (κ3) is 5.07. The van der Waals surface area contributed by atoms with Crippen LogP contribution >= 0.6 is 0 Å². The van der Waals surface area contributed by atoms with Crippen molar-refractivity contribution in [3.63, 3.8) is 0 Å². The van der Waals surface area contributed by atoms with Crippen LogP contribution in [0.1, 0.15) is 26.0 Å². The zero-order valence-corrected chi connectivity index (χ0v) is 6.22. The summed E-state index contributed by atoms with van der Waals surface area (Å²) in [6.45, 7) is 6.13. The number of oxazole rings is 1. The summed E-state index contributed by atoms with van der Waals surface area (Å²) in [6.07, 6.45) is 4.26. The molecule has 0 atom stereocenters. The number of hydrogen-bond donors (Lipinski definition) is 0. The van der Waals surface area contributed by atoms with E-state index in [9.17, 15) is 0 Å². The zero-order valence-electron chi connectivity index (χ0n) is 6.22. The molecule has 1 aromatic rings. The molecule has 1 rings (SSSR count). The highest BCUT2D eigenvalue weighted by Crippen LogP contribution is 1.86. The van der Waals surface area contributed by atoms with E-state index in [0.29, 0.717) is 0 Å². The summed E-state index contributed by atoms with van der Waals surface area (Å²) in [5, 5.41) is 0. The Morgan fingerprint density at radius 1 is 1.56 bits per heavy atom. The molecule has 0 aliphatic carbocycles. The largest absolute Gasteiger partial charge is 0.452 e. The fourth-order valence-electron chi connectivity index (χ4n) is 0.273. The summed E-state index contributed by atoms with van der Waals surface area (Å²) in [7, 11) is 0. The van der Waals surface area contributed by atoms with Crippen molar-refractivity contribution in [3.05, 3.63) is 18.4 Å². The molecule has 0 aliphatic heterocycles. The lowest BCUT2D eigenvalue weighted by molar-refractivity contribution is 0.557. The zero-order chi connectivity index (χ0) is 7.11. The Labute approximate surface area is 55.9 Å². The van der Waals surface area contributed by atoms with E-state index >= 15 is 0 Å². The van der Waals surface area contributed by atoms with Gasteiger partial charge in [0, 0.05) is 0 Å². The Morgan fingerprint density at radius 2 is 2.11 bits per heavy atom. The van der Waals surface area contributed by atoms with E-state index in [2.05, 4.69) is 23.2 Å². The molecule has 1 heterocycles. The SMILES string of the molecule is CCC.Cc1cocn1. The van der Waals surface area contributed by atoms with E-state index in [-0.39, 0.29) is 0 Å². The second kappa shape index (κ2) is 5.35. The Kier molecular flexibility index (Phi) is 4.88. The quantitative estimate of drug-likeness (QED) is 0.534. The Balaban J connectivity index is 0.000000187. The standard InChI is InChI=1S/C4H5NO.C3H8/c1-4-2-6-3-5-4;1-3-2/h2-3H,1H3;3H2,1-2H3. The van der Waals surface area contributed by atoms with Gasteiger partial charge in [0.25, 0.3) is 0 Å². The van der Waals surface area contributed by atoms with Crippen molar-refractivity contribution in [2.45, 2.75) is 27.2 Å². The van der Waals surface area contributed by atoms with Gasteiger partial charge in [-0.2, -0.15) is 0 Å². The van der Waals surface area contributed by atoms with Gasteiger partial charge in [0.15, 0.2) is 6.39 Å². The minimum absolute atomic E-state index is 0.926. The highest BCUT2D eigenvalue weighted by atomic mass is 16.3. The van der Waals surface area contributed by atoms with Gasteiger partial charge in [-0.05, 0) is 6.92 Å². The summed E-state index contributed by atoms with van der Waals surface area (Å²) in [5.74, 6) is 0. The smallest absolute Gasteiger partial charge is 0.180 e. The first kappa shape index (κ1) is 8.21. The monoisotopic (exact) mass is 127 g/mol. The molecule has 0 fully saturated rings. The van der Waals surface area contributed by atoms with E-state index in [1.54, 1.807) is 6.26 Å². The van der Waals surface area contributed by atoms with Gasteiger partial charge in [0.1, 0.15) is 6.26 Å². The minimum atomic E-state index is 0.926. The molecule has 2 nitrogen and oxygen atoms in total. The van der Waals surface area contributed by atoms with Gasteiger partial charge in [-0.3, -0.25) is 0 Å². The topological polar surface area (TPSA) is 26.0 Å². The maximum atomic E-state index is 4.60. The summed E-state index contributed by atoms with van der Waals surface area (Å²) in [6, 6.07) is 0. The van der Waals surface area contributed by atoms with Crippen LogP contribution in [0.3, 0.4) is 0 Å². The number of aromatic nitrogens is 1. The fourth-order valence-corrected chi connectivity index (χ4v) is 0.273. The van der Waals surface area contributed by atoms with Crippen molar-refractivity contribution in [1.29, 1.82) is 0 Å². The number of aryl methyl sites for hydroxylation is 1. The second-order valence-corrected chi connectivity index (χ2v) is 1.84. The normalized spacial score (nSPS) is 7.89. The molecule has 2 heteroatoms. The van der Waals surface area contributed by atoms with Crippen LogP contribution in [0.2, 0.25) is 0 Å². The molecule has 52 valence electrons. The predicted octanol–water partition coefficient (Wildman–Crippen LogP) is 2.40. The molecular formula is C7H13NO. The first-order valence-corrected chi connectivity index (χ1v) is 3.16. The number of nitrogens with zero attached hydrogens (tertiary/aromatic N) is 1. The van der Waals surface area contributed by atoms with E-state index in [4.69, 9.17) is 0 Å². The summed E-state index contributed by atoms with van der Waals surface area (Å²) in [5.41, 5.74) is 0.926. The van der Waals surface area contributed by atoms with Crippen molar-refractivity contribution in [2.24, 2.45) is 0 Å². The van der Waals surface area contributed by atoms with Gasteiger partial charge in [-0.1, -0.05) is 20.3 Å². The Hall–Kier alpha value is -0.790. The van der Waals surface area contributed by atoms with Gasteiger partial charge in [0.05, 0.1) is 5.69 Å². The van der Waals surface area contributed by atoms with Crippen LogP contribution in [0.25, 0.3) is 0 Å². The molecule has 0 bridgehead atoms. The molecule has 0 aromatic carbocycles. The molecule has 0 amide bonds. The summed E-state index contributed by atoms with van der Waals surface area (Å²) >= 11 is 0. The maximum absolute atomic E-state index is 4.60. The molecule has 1 aromatic heterocycles. The van der Waals surface area contributed by atoms with Crippen LogP contribution in [0.4, 0.5) is 0 Å². The van der Waals surface area contributed by atoms with Crippen LogP contribution in [-0.2, 0) is 0 Å².